The number of rotatable bonds is 3. The van der Waals surface area contributed by atoms with E-state index in [9.17, 15) is 9.59 Å². The highest BCUT2D eigenvalue weighted by molar-refractivity contribution is 5.89. The molecule has 0 aliphatic carbocycles. The largest absolute Gasteiger partial charge is 0.453 e. The molecule has 2 aliphatic heterocycles. The number of nitrogens with zero attached hydrogens (tertiary/aromatic N) is 5. The van der Waals surface area contributed by atoms with E-state index >= 15 is 0 Å². The Bertz CT molecular complexity index is 1090. The zero-order valence-corrected chi connectivity index (χ0v) is 19.5. The number of hydrogen-bond acceptors (Lipinski definition) is 8. The quantitative estimate of drug-likeness (QED) is 0.719. The molecule has 11 nitrogen and oxygen atoms in total. The van der Waals surface area contributed by atoms with Gasteiger partial charge in [-0.3, -0.25) is 0 Å². The predicted octanol–water partition coefficient (Wildman–Crippen LogP) is 2.27. The number of nitrogens with one attached hydrogen (secondary N) is 1. The number of carbonyl (C=O) groups excluding carboxylic acids is 2. The Morgan fingerprint density at radius 3 is 2.82 bits per heavy atom. The number of hydrogen-bond donors (Lipinski definition) is 2. The zero-order chi connectivity index (χ0) is 23.8. The van der Waals surface area contributed by atoms with E-state index in [-0.39, 0.29) is 12.1 Å². The van der Waals surface area contributed by atoms with Gasteiger partial charge in [-0.1, -0.05) is 6.08 Å². The van der Waals surface area contributed by atoms with Crippen molar-refractivity contribution in [3.05, 3.63) is 24.2 Å². The summed E-state index contributed by atoms with van der Waals surface area (Å²) in [6, 6.07) is 1.97. The Morgan fingerprint density at radius 1 is 1.30 bits per heavy atom. The average Bonchev–Trinajstić information content (AvgIpc) is 3.37. The molecule has 33 heavy (non-hydrogen) atoms. The third-order valence-electron chi connectivity index (χ3n) is 5.73. The monoisotopic (exact) mass is 457 g/mol. The van der Waals surface area contributed by atoms with E-state index in [0.29, 0.717) is 31.0 Å². The van der Waals surface area contributed by atoms with Crippen LogP contribution in [-0.2, 0) is 9.47 Å². The summed E-state index contributed by atoms with van der Waals surface area (Å²) in [5.74, 6) is 0.372. The van der Waals surface area contributed by atoms with Crippen LogP contribution in [0.1, 0.15) is 39.3 Å². The fourth-order valence-electron chi connectivity index (χ4n) is 4.32. The molecule has 2 aromatic rings. The zero-order valence-electron chi connectivity index (χ0n) is 19.5. The van der Waals surface area contributed by atoms with Crippen molar-refractivity contribution in [3.8, 4) is 0 Å². The Balaban J connectivity index is 1.59. The van der Waals surface area contributed by atoms with Crippen molar-refractivity contribution in [2.24, 2.45) is 0 Å². The molecule has 0 bridgehead atoms. The van der Waals surface area contributed by atoms with Gasteiger partial charge in [0.05, 0.1) is 25.0 Å². The Kier molecular flexibility index (Phi) is 6.05. The van der Waals surface area contributed by atoms with Gasteiger partial charge in [-0.2, -0.15) is 5.10 Å². The van der Waals surface area contributed by atoms with Gasteiger partial charge in [0.25, 0.3) is 0 Å². The lowest BCUT2D eigenvalue weighted by Crippen LogP contribution is -2.49. The fourth-order valence-corrected chi connectivity index (χ4v) is 4.32. The van der Waals surface area contributed by atoms with Gasteiger partial charge in [-0.05, 0) is 45.3 Å². The number of carbonyl (C=O) groups is 2. The highest BCUT2D eigenvalue weighted by Crippen LogP contribution is 2.34. The van der Waals surface area contributed by atoms with Crippen molar-refractivity contribution < 1.29 is 19.1 Å². The van der Waals surface area contributed by atoms with Gasteiger partial charge in [0.1, 0.15) is 17.4 Å². The lowest BCUT2D eigenvalue weighted by Gasteiger charge is -2.34. The molecule has 11 heteroatoms. The molecule has 4 heterocycles. The van der Waals surface area contributed by atoms with Gasteiger partial charge in [0.15, 0.2) is 5.82 Å². The molecule has 0 aromatic carbocycles. The molecule has 178 valence electrons. The SMILES string of the molecule is COC(=O)N1CC=C(c2cc(N3CCC[C@@H](NC(=O)OC(C)(C)C)C3)c3c(N)ncnn23)C1. The van der Waals surface area contributed by atoms with Crippen LogP contribution in [0.4, 0.5) is 21.1 Å². The Labute approximate surface area is 192 Å². The van der Waals surface area contributed by atoms with Gasteiger partial charge < -0.3 is 30.3 Å². The first-order valence-electron chi connectivity index (χ1n) is 11.0. The second-order valence-corrected chi connectivity index (χ2v) is 9.33. The second kappa shape index (κ2) is 8.80. The van der Waals surface area contributed by atoms with E-state index in [4.69, 9.17) is 15.2 Å². The summed E-state index contributed by atoms with van der Waals surface area (Å²) in [7, 11) is 1.37. The van der Waals surface area contributed by atoms with Crippen LogP contribution in [0.25, 0.3) is 11.1 Å². The van der Waals surface area contributed by atoms with Gasteiger partial charge >= 0.3 is 12.2 Å². The van der Waals surface area contributed by atoms with Crippen LogP contribution in [0.15, 0.2) is 18.5 Å². The minimum Gasteiger partial charge on any atom is -0.453 e. The van der Waals surface area contributed by atoms with E-state index in [0.717, 1.165) is 36.3 Å². The number of nitrogen functional groups attached to an aromatic ring is 1. The summed E-state index contributed by atoms with van der Waals surface area (Å²) in [5.41, 5.74) is 9.13. The minimum absolute atomic E-state index is 0.0571. The van der Waals surface area contributed by atoms with Crippen LogP contribution in [-0.4, -0.2) is 76.6 Å². The van der Waals surface area contributed by atoms with Crippen molar-refractivity contribution in [1.29, 1.82) is 0 Å². The smallest absolute Gasteiger partial charge is 0.410 e. The highest BCUT2D eigenvalue weighted by Gasteiger charge is 2.29. The van der Waals surface area contributed by atoms with Gasteiger partial charge in [-0.15, -0.1) is 0 Å². The van der Waals surface area contributed by atoms with Crippen molar-refractivity contribution >= 4 is 34.8 Å². The molecule has 1 saturated heterocycles. The van der Waals surface area contributed by atoms with Crippen molar-refractivity contribution in [3.63, 3.8) is 0 Å². The van der Waals surface area contributed by atoms with Crippen molar-refractivity contribution in [1.82, 2.24) is 24.8 Å². The molecular weight excluding hydrogens is 426 g/mol. The van der Waals surface area contributed by atoms with Gasteiger partial charge in [-0.25, -0.2) is 19.1 Å². The molecular formula is C22H31N7O4. The number of alkyl carbamates (subject to hydrolysis) is 1. The molecule has 4 rings (SSSR count). The van der Waals surface area contributed by atoms with Crippen LogP contribution in [0.5, 0.6) is 0 Å². The Morgan fingerprint density at radius 2 is 2.09 bits per heavy atom. The number of anilines is 2. The normalized spacial score (nSPS) is 18.9. The number of piperidine rings is 1. The first-order chi connectivity index (χ1) is 15.7. The predicted molar refractivity (Wildman–Crippen MR) is 124 cm³/mol. The average molecular weight is 458 g/mol. The lowest BCUT2D eigenvalue weighted by molar-refractivity contribution is 0.0500. The first-order valence-corrected chi connectivity index (χ1v) is 11.0. The van der Waals surface area contributed by atoms with E-state index in [2.05, 4.69) is 20.3 Å². The maximum Gasteiger partial charge on any atom is 0.410 e. The third-order valence-corrected chi connectivity index (χ3v) is 5.73. The van der Waals surface area contributed by atoms with E-state index in [1.165, 1.54) is 13.4 Å². The number of aromatic nitrogens is 3. The summed E-state index contributed by atoms with van der Waals surface area (Å²) in [6.45, 7) is 7.85. The summed E-state index contributed by atoms with van der Waals surface area (Å²) >= 11 is 0. The molecule has 2 aliphatic rings. The number of ether oxygens (including phenoxy) is 2. The fraction of sp³-hybridized carbons (Fsp3) is 0.545. The number of nitrogens with two attached hydrogens (primary N) is 1. The van der Waals surface area contributed by atoms with Crippen LogP contribution in [0, 0.1) is 0 Å². The second-order valence-electron chi connectivity index (χ2n) is 9.33. The lowest BCUT2D eigenvalue weighted by atomic mass is 10.1. The number of amides is 2. The summed E-state index contributed by atoms with van der Waals surface area (Å²) in [4.78, 5) is 32.2. The molecule has 2 amide bonds. The van der Waals surface area contributed by atoms with Crippen molar-refractivity contribution in [2.45, 2.75) is 45.3 Å². The van der Waals surface area contributed by atoms with Gasteiger partial charge in [0.2, 0.25) is 0 Å². The van der Waals surface area contributed by atoms with Gasteiger partial charge in [0, 0.05) is 25.7 Å². The molecule has 1 fully saturated rings. The molecule has 0 spiro atoms. The Hall–Kier alpha value is -3.50. The summed E-state index contributed by atoms with van der Waals surface area (Å²) in [6.07, 6.45) is 4.39. The maximum absolute atomic E-state index is 12.3. The van der Waals surface area contributed by atoms with E-state index in [1.807, 2.05) is 32.9 Å². The molecule has 0 radical (unpaired) electrons. The van der Waals surface area contributed by atoms with Crippen LogP contribution in [0.2, 0.25) is 0 Å². The minimum atomic E-state index is -0.551. The van der Waals surface area contributed by atoms with Crippen LogP contribution in [0.3, 0.4) is 0 Å². The van der Waals surface area contributed by atoms with E-state index < -0.39 is 11.7 Å². The maximum atomic E-state index is 12.3. The third kappa shape index (κ3) is 4.81. The van der Waals surface area contributed by atoms with Crippen LogP contribution < -0.4 is 16.0 Å². The standard InChI is InChI=1S/C22H31N7O4/c1-22(2,3)33-20(30)26-15-6-5-8-27(12-15)17-10-16(29-18(17)19(23)24-13-25-29)14-7-9-28(11-14)21(31)32-4/h7,10,13,15H,5-6,8-9,11-12H2,1-4H3,(H,26,30)(H2,23,24,25)/t15-/m1/s1. The molecule has 1 atom stereocenters. The van der Waals surface area contributed by atoms with E-state index in [1.54, 1.807) is 9.42 Å². The number of fused-ring (bicyclic) bond motifs is 1. The number of methoxy groups -OCH3 is 1. The summed E-state index contributed by atoms with van der Waals surface area (Å²) < 4.78 is 12.0. The van der Waals surface area contributed by atoms with Crippen molar-refractivity contribution in [2.75, 3.05) is 43.9 Å². The first kappa shape index (κ1) is 22.7. The van der Waals surface area contributed by atoms with Crippen LogP contribution >= 0.6 is 0 Å². The topological polar surface area (TPSA) is 127 Å². The molecule has 0 saturated carbocycles. The molecule has 0 unspecified atom stereocenters. The molecule has 3 N–H and O–H groups in total. The highest BCUT2D eigenvalue weighted by atomic mass is 16.6. The summed E-state index contributed by atoms with van der Waals surface area (Å²) in [5, 5.41) is 7.42. The molecule has 2 aromatic heterocycles.